The number of H-pyrrole nitrogens is 1. The third kappa shape index (κ3) is 3.52. The monoisotopic (exact) mass is 311 g/mol. The summed E-state index contributed by atoms with van der Waals surface area (Å²) in [5, 5.41) is 0. The van der Waals surface area contributed by atoms with E-state index in [2.05, 4.69) is 35.7 Å². The van der Waals surface area contributed by atoms with E-state index >= 15 is 0 Å². The summed E-state index contributed by atoms with van der Waals surface area (Å²) in [6, 6.07) is 3.74. The van der Waals surface area contributed by atoms with Gasteiger partial charge in [0.25, 0.3) is 5.56 Å². The first kappa shape index (κ1) is 15.9. The Morgan fingerprint density at radius 1 is 1.09 bits per heavy atom. The summed E-state index contributed by atoms with van der Waals surface area (Å²) < 4.78 is 0. The molecule has 2 aromatic rings. The Bertz CT molecular complexity index is 707. The fourth-order valence-electron chi connectivity index (χ4n) is 3.63. The number of nitrogens with zero attached hydrogens (tertiary/aromatic N) is 2. The highest BCUT2D eigenvalue weighted by Crippen LogP contribution is 2.43. The molecule has 122 valence electrons. The predicted molar refractivity (Wildman–Crippen MR) is 92.2 cm³/mol. The Labute approximate surface area is 137 Å². The molecule has 0 aromatic carbocycles. The minimum Gasteiger partial charge on any atom is -0.328 e. The van der Waals surface area contributed by atoms with Crippen LogP contribution < -0.4 is 5.56 Å². The van der Waals surface area contributed by atoms with Gasteiger partial charge in [0.1, 0.15) is 0 Å². The van der Waals surface area contributed by atoms with Crippen LogP contribution in [0.5, 0.6) is 0 Å². The third-order valence-electron chi connectivity index (χ3n) is 5.16. The molecule has 1 aliphatic rings. The Morgan fingerprint density at radius 3 is 2.35 bits per heavy atom. The topological polar surface area (TPSA) is 58.6 Å². The standard InChI is InChI=1S/C19H25N3O/c1-19(2,3)15-7-5-13(6-8-15)14-11-16(18(23)22-12-14)17-20-9-4-10-21-17/h4,9-13,15H,5-8H2,1-3H3,(H,22,23). The molecule has 1 saturated carbocycles. The van der Waals surface area contributed by atoms with Crippen molar-refractivity contribution in [3.63, 3.8) is 0 Å². The van der Waals surface area contributed by atoms with Crippen LogP contribution in [0.3, 0.4) is 0 Å². The van der Waals surface area contributed by atoms with Gasteiger partial charge < -0.3 is 4.98 Å². The summed E-state index contributed by atoms with van der Waals surface area (Å²) in [5.74, 6) is 1.81. The summed E-state index contributed by atoms with van der Waals surface area (Å²) in [6.07, 6.45) is 10.1. The Kier molecular flexibility index (Phi) is 4.33. The van der Waals surface area contributed by atoms with E-state index in [0.717, 1.165) is 5.92 Å². The Hall–Kier alpha value is -1.97. The van der Waals surface area contributed by atoms with Crippen LogP contribution in [0.2, 0.25) is 0 Å². The third-order valence-corrected chi connectivity index (χ3v) is 5.16. The van der Waals surface area contributed by atoms with Gasteiger partial charge >= 0.3 is 0 Å². The molecule has 4 heteroatoms. The smallest absolute Gasteiger partial charge is 0.259 e. The number of aromatic amines is 1. The van der Waals surface area contributed by atoms with Gasteiger partial charge in [0.05, 0.1) is 5.56 Å². The van der Waals surface area contributed by atoms with Crippen LogP contribution in [0.1, 0.15) is 57.9 Å². The summed E-state index contributed by atoms with van der Waals surface area (Å²) in [4.78, 5) is 23.4. The number of aromatic nitrogens is 3. The van der Waals surface area contributed by atoms with Crippen LogP contribution in [0.25, 0.3) is 11.4 Å². The molecular weight excluding hydrogens is 286 g/mol. The molecule has 0 bridgehead atoms. The highest BCUT2D eigenvalue weighted by Gasteiger charge is 2.30. The second-order valence-corrected chi connectivity index (χ2v) is 7.66. The average molecular weight is 311 g/mol. The van der Waals surface area contributed by atoms with Gasteiger partial charge in [-0.05, 0) is 60.6 Å². The van der Waals surface area contributed by atoms with Gasteiger partial charge in [-0.3, -0.25) is 4.79 Å². The van der Waals surface area contributed by atoms with Crippen LogP contribution in [-0.4, -0.2) is 15.0 Å². The highest BCUT2D eigenvalue weighted by molar-refractivity contribution is 5.54. The molecule has 1 aliphatic carbocycles. The van der Waals surface area contributed by atoms with Gasteiger partial charge in [0, 0.05) is 18.6 Å². The second-order valence-electron chi connectivity index (χ2n) is 7.66. The summed E-state index contributed by atoms with van der Waals surface area (Å²) >= 11 is 0. The molecule has 4 nitrogen and oxygen atoms in total. The lowest BCUT2D eigenvalue weighted by Gasteiger charge is -2.37. The molecule has 0 spiro atoms. The lowest BCUT2D eigenvalue weighted by molar-refractivity contribution is 0.169. The first-order valence-electron chi connectivity index (χ1n) is 8.45. The Balaban J connectivity index is 1.82. The van der Waals surface area contributed by atoms with Crippen molar-refractivity contribution in [3.8, 4) is 11.4 Å². The molecule has 2 aromatic heterocycles. The first-order valence-corrected chi connectivity index (χ1v) is 8.45. The van der Waals surface area contributed by atoms with Crippen molar-refractivity contribution in [3.05, 3.63) is 46.6 Å². The van der Waals surface area contributed by atoms with Crippen molar-refractivity contribution in [2.45, 2.75) is 52.4 Å². The number of hydrogen-bond donors (Lipinski definition) is 1. The molecule has 1 fully saturated rings. The number of rotatable bonds is 2. The van der Waals surface area contributed by atoms with Crippen LogP contribution >= 0.6 is 0 Å². The van der Waals surface area contributed by atoms with E-state index in [1.165, 1.54) is 31.2 Å². The van der Waals surface area contributed by atoms with E-state index in [4.69, 9.17) is 0 Å². The average Bonchev–Trinajstić information content (AvgIpc) is 2.55. The maximum absolute atomic E-state index is 12.1. The van der Waals surface area contributed by atoms with E-state index in [9.17, 15) is 4.79 Å². The lowest BCUT2D eigenvalue weighted by Crippen LogP contribution is -2.25. The minimum atomic E-state index is -0.122. The van der Waals surface area contributed by atoms with Gasteiger partial charge in [-0.2, -0.15) is 0 Å². The Morgan fingerprint density at radius 2 is 1.74 bits per heavy atom. The largest absolute Gasteiger partial charge is 0.328 e. The quantitative estimate of drug-likeness (QED) is 0.906. The molecule has 0 radical (unpaired) electrons. The molecule has 0 amide bonds. The highest BCUT2D eigenvalue weighted by atomic mass is 16.1. The van der Waals surface area contributed by atoms with E-state index in [0.29, 0.717) is 22.7 Å². The molecule has 0 saturated heterocycles. The minimum absolute atomic E-state index is 0.122. The van der Waals surface area contributed by atoms with E-state index in [1.807, 2.05) is 12.3 Å². The number of hydrogen-bond acceptors (Lipinski definition) is 3. The van der Waals surface area contributed by atoms with Gasteiger partial charge in [-0.25, -0.2) is 9.97 Å². The van der Waals surface area contributed by atoms with Gasteiger partial charge in [-0.1, -0.05) is 20.8 Å². The van der Waals surface area contributed by atoms with Gasteiger partial charge in [0.15, 0.2) is 5.82 Å². The summed E-state index contributed by atoms with van der Waals surface area (Å²) in [7, 11) is 0. The van der Waals surface area contributed by atoms with E-state index in [-0.39, 0.29) is 5.56 Å². The molecular formula is C19H25N3O. The van der Waals surface area contributed by atoms with Crippen LogP contribution in [-0.2, 0) is 0 Å². The molecule has 23 heavy (non-hydrogen) atoms. The summed E-state index contributed by atoms with van der Waals surface area (Å²) in [6.45, 7) is 7.01. The van der Waals surface area contributed by atoms with Crippen molar-refractivity contribution < 1.29 is 0 Å². The van der Waals surface area contributed by atoms with Crippen LogP contribution in [0.15, 0.2) is 35.5 Å². The van der Waals surface area contributed by atoms with E-state index in [1.54, 1.807) is 18.5 Å². The molecule has 0 aliphatic heterocycles. The molecule has 0 unspecified atom stereocenters. The number of nitrogens with one attached hydrogen (secondary N) is 1. The maximum atomic E-state index is 12.1. The summed E-state index contributed by atoms with van der Waals surface area (Å²) in [5.41, 5.74) is 2.04. The SMILES string of the molecule is CC(C)(C)C1CCC(c2c[nH]c(=O)c(-c3ncccn3)c2)CC1. The number of pyridine rings is 1. The van der Waals surface area contributed by atoms with Crippen molar-refractivity contribution in [2.75, 3.05) is 0 Å². The van der Waals surface area contributed by atoms with Crippen LogP contribution in [0, 0.1) is 11.3 Å². The zero-order chi connectivity index (χ0) is 16.4. The molecule has 1 N–H and O–H groups in total. The fraction of sp³-hybridized carbons (Fsp3) is 0.526. The van der Waals surface area contributed by atoms with E-state index < -0.39 is 0 Å². The normalized spacial score (nSPS) is 22.0. The fourth-order valence-corrected chi connectivity index (χ4v) is 3.63. The van der Waals surface area contributed by atoms with Crippen LogP contribution in [0.4, 0.5) is 0 Å². The van der Waals surface area contributed by atoms with Crippen molar-refractivity contribution in [1.82, 2.24) is 15.0 Å². The lowest BCUT2D eigenvalue weighted by atomic mass is 9.69. The van der Waals surface area contributed by atoms with Gasteiger partial charge in [0.2, 0.25) is 0 Å². The molecule has 3 rings (SSSR count). The zero-order valence-electron chi connectivity index (χ0n) is 14.2. The van der Waals surface area contributed by atoms with Crippen molar-refractivity contribution in [2.24, 2.45) is 11.3 Å². The maximum Gasteiger partial charge on any atom is 0.259 e. The zero-order valence-corrected chi connectivity index (χ0v) is 14.2. The first-order chi connectivity index (χ1) is 10.9. The molecule has 2 heterocycles. The molecule has 0 atom stereocenters. The second kappa shape index (κ2) is 6.26. The van der Waals surface area contributed by atoms with Crippen molar-refractivity contribution >= 4 is 0 Å². The van der Waals surface area contributed by atoms with Crippen molar-refractivity contribution in [1.29, 1.82) is 0 Å². The predicted octanol–water partition coefficient (Wildman–Crippen LogP) is 4.15. The van der Waals surface area contributed by atoms with Gasteiger partial charge in [-0.15, -0.1) is 0 Å².